The second kappa shape index (κ2) is 10.4. The Balaban J connectivity index is 0.000000454. The van der Waals surface area contributed by atoms with Gasteiger partial charge in [-0.25, -0.2) is 27.5 Å². The molecule has 3 aromatic heterocycles. The Labute approximate surface area is 198 Å². The zero-order chi connectivity index (χ0) is 26.8. The SMILES string of the molecule is Cn1cc(NC(=O)c2ccc3cnc(N4C[C@@H](N)C[C@H](F)C4)nn23)c(C(F)F)n1.O=C(O)C(F)(F)F. The number of hydrogen-bond donors (Lipinski definition) is 3. The average Bonchev–Trinajstić information content (AvgIpc) is 3.35. The first-order valence-corrected chi connectivity index (χ1v) is 10.2. The molecule has 0 unspecified atom stereocenters. The number of hydrogen-bond acceptors (Lipinski definition) is 7. The van der Waals surface area contributed by atoms with E-state index in [9.17, 15) is 31.1 Å². The van der Waals surface area contributed by atoms with Crippen LogP contribution in [0.5, 0.6) is 0 Å². The molecule has 0 spiro atoms. The van der Waals surface area contributed by atoms with Crippen molar-refractivity contribution in [3.05, 3.63) is 35.9 Å². The third kappa shape index (κ3) is 6.21. The van der Waals surface area contributed by atoms with Gasteiger partial charge in [0.15, 0.2) is 5.69 Å². The smallest absolute Gasteiger partial charge is 0.475 e. The van der Waals surface area contributed by atoms with E-state index in [4.69, 9.17) is 15.6 Å². The number of rotatable bonds is 4. The Morgan fingerprint density at radius 2 is 1.89 bits per heavy atom. The summed E-state index contributed by atoms with van der Waals surface area (Å²) in [7, 11) is 1.48. The van der Waals surface area contributed by atoms with Gasteiger partial charge in [0.05, 0.1) is 23.9 Å². The minimum Gasteiger partial charge on any atom is -0.475 e. The quantitative estimate of drug-likeness (QED) is 0.443. The minimum atomic E-state index is -5.08. The number of aliphatic carboxylic acids is 1. The summed E-state index contributed by atoms with van der Waals surface area (Å²) in [4.78, 5) is 27.4. The van der Waals surface area contributed by atoms with Crippen LogP contribution in [-0.4, -0.2) is 72.8 Å². The monoisotopic (exact) mass is 522 g/mol. The zero-order valence-corrected chi connectivity index (χ0v) is 18.5. The normalized spacial score (nSPS) is 18.2. The lowest BCUT2D eigenvalue weighted by molar-refractivity contribution is -0.192. The highest BCUT2D eigenvalue weighted by Crippen LogP contribution is 2.26. The Morgan fingerprint density at radius 3 is 2.47 bits per heavy atom. The Bertz CT molecular complexity index is 1230. The first-order valence-electron chi connectivity index (χ1n) is 10.2. The predicted octanol–water partition coefficient (Wildman–Crippen LogP) is 2.16. The van der Waals surface area contributed by atoms with Gasteiger partial charge in [-0.1, -0.05) is 0 Å². The van der Waals surface area contributed by atoms with Crippen LogP contribution in [-0.2, 0) is 11.8 Å². The van der Waals surface area contributed by atoms with E-state index < -0.39 is 36.3 Å². The fourth-order valence-corrected chi connectivity index (χ4v) is 3.40. The van der Waals surface area contributed by atoms with Crippen molar-refractivity contribution in [2.24, 2.45) is 12.8 Å². The summed E-state index contributed by atoms with van der Waals surface area (Å²) >= 11 is 0. The molecular formula is C19H20F6N8O3. The van der Waals surface area contributed by atoms with E-state index in [0.29, 0.717) is 12.1 Å². The lowest BCUT2D eigenvalue weighted by Crippen LogP contribution is -2.48. The molecule has 11 nitrogen and oxygen atoms in total. The van der Waals surface area contributed by atoms with Crippen molar-refractivity contribution >= 4 is 29.0 Å². The number of nitrogens with two attached hydrogens (primary N) is 1. The van der Waals surface area contributed by atoms with E-state index in [1.54, 1.807) is 11.0 Å². The van der Waals surface area contributed by atoms with Crippen molar-refractivity contribution in [3.63, 3.8) is 0 Å². The second-order valence-electron chi connectivity index (χ2n) is 7.77. The summed E-state index contributed by atoms with van der Waals surface area (Å²) < 4.78 is 74.3. The first kappa shape index (κ1) is 26.7. The van der Waals surface area contributed by atoms with Crippen molar-refractivity contribution in [3.8, 4) is 0 Å². The number of aryl methyl sites for hydroxylation is 1. The lowest BCUT2D eigenvalue weighted by Gasteiger charge is -2.32. The van der Waals surface area contributed by atoms with Gasteiger partial charge in [0.1, 0.15) is 11.9 Å². The van der Waals surface area contributed by atoms with Crippen LogP contribution in [0.1, 0.15) is 29.0 Å². The number of carbonyl (C=O) groups excluding carboxylic acids is 1. The van der Waals surface area contributed by atoms with Crippen LogP contribution < -0.4 is 16.0 Å². The van der Waals surface area contributed by atoms with Crippen molar-refractivity contribution in [1.29, 1.82) is 0 Å². The summed E-state index contributed by atoms with van der Waals surface area (Å²) in [6.45, 7) is 0.498. The van der Waals surface area contributed by atoms with Crippen LogP contribution in [0.4, 0.5) is 38.0 Å². The van der Waals surface area contributed by atoms with Crippen LogP contribution in [0.25, 0.3) is 5.52 Å². The molecule has 0 saturated carbocycles. The number of piperidine rings is 1. The third-order valence-corrected chi connectivity index (χ3v) is 4.89. The molecule has 0 aliphatic carbocycles. The molecule has 36 heavy (non-hydrogen) atoms. The van der Waals surface area contributed by atoms with E-state index in [1.165, 1.54) is 34.7 Å². The highest BCUT2D eigenvalue weighted by atomic mass is 19.4. The number of nitrogens with zero attached hydrogens (tertiary/aromatic N) is 6. The maximum atomic E-state index is 13.9. The molecule has 0 aromatic carbocycles. The van der Waals surface area contributed by atoms with Crippen molar-refractivity contribution in [2.45, 2.75) is 31.2 Å². The molecule has 196 valence electrons. The summed E-state index contributed by atoms with van der Waals surface area (Å²) in [5, 5.41) is 17.6. The van der Waals surface area contributed by atoms with Crippen LogP contribution >= 0.6 is 0 Å². The number of fused-ring (bicyclic) bond motifs is 1. The molecule has 4 rings (SSSR count). The molecule has 4 heterocycles. The molecular weight excluding hydrogens is 502 g/mol. The molecule has 1 aliphatic rings. The number of amides is 1. The van der Waals surface area contributed by atoms with Gasteiger partial charge in [-0.2, -0.15) is 18.3 Å². The molecule has 1 fully saturated rings. The number of anilines is 2. The average molecular weight is 522 g/mol. The van der Waals surface area contributed by atoms with E-state index in [2.05, 4.69) is 20.5 Å². The van der Waals surface area contributed by atoms with Crippen LogP contribution in [0, 0.1) is 0 Å². The summed E-state index contributed by atoms with van der Waals surface area (Å²) in [6, 6.07) is 2.78. The van der Waals surface area contributed by atoms with Gasteiger partial charge in [0, 0.05) is 25.8 Å². The molecule has 1 saturated heterocycles. The Kier molecular flexibility index (Phi) is 7.71. The van der Waals surface area contributed by atoms with Gasteiger partial charge in [-0.05, 0) is 18.6 Å². The third-order valence-electron chi connectivity index (χ3n) is 4.89. The first-order chi connectivity index (χ1) is 16.8. The molecule has 4 N–H and O–H groups in total. The van der Waals surface area contributed by atoms with E-state index in [1.807, 2.05) is 0 Å². The largest absolute Gasteiger partial charge is 0.490 e. The van der Waals surface area contributed by atoms with Crippen LogP contribution in [0.3, 0.4) is 0 Å². The van der Waals surface area contributed by atoms with Gasteiger partial charge in [0.25, 0.3) is 12.3 Å². The van der Waals surface area contributed by atoms with Gasteiger partial charge < -0.3 is 21.1 Å². The molecule has 0 bridgehead atoms. The summed E-state index contributed by atoms with van der Waals surface area (Å²) in [6.07, 6.45) is -5.94. The number of halogens is 6. The topological polar surface area (TPSA) is 144 Å². The van der Waals surface area contributed by atoms with Crippen LogP contribution in [0.15, 0.2) is 24.5 Å². The fraction of sp³-hybridized carbons (Fsp3) is 0.421. The predicted molar refractivity (Wildman–Crippen MR) is 112 cm³/mol. The number of alkyl halides is 6. The van der Waals surface area contributed by atoms with Gasteiger partial charge in [-0.3, -0.25) is 9.48 Å². The highest BCUT2D eigenvalue weighted by molar-refractivity contribution is 6.04. The van der Waals surface area contributed by atoms with Gasteiger partial charge in [-0.15, -0.1) is 5.10 Å². The summed E-state index contributed by atoms with van der Waals surface area (Å²) in [5.74, 6) is -3.16. The molecule has 1 aliphatic heterocycles. The number of nitrogens with one attached hydrogen (secondary N) is 1. The molecule has 3 aromatic rings. The highest BCUT2D eigenvalue weighted by Gasteiger charge is 2.38. The standard InChI is InChI=1S/C17H19F3N8O.C2HF3O2/c1-26-8-12(14(24-26)15(19)20)23-16(29)13-3-2-11-5-22-17(25-28(11)13)27-6-9(18)4-10(21)7-27;3-2(4,5)1(6)7/h2-3,5,8-10,15H,4,6-7,21H2,1H3,(H,23,29);(H,6,7)/t9-,10-;/m0./s1. The van der Waals surface area contributed by atoms with Crippen molar-refractivity contribution in [2.75, 3.05) is 23.3 Å². The van der Waals surface area contributed by atoms with Crippen LogP contribution in [0.2, 0.25) is 0 Å². The maximum Gasteiger partial charge on any atom is 0.490 e. The van der Waals surface area contributed by atoms with Gasteiger partial charge in [0.2, 0.25) is 5.95 Å². The molecule has 1 amide bonds. The number of carboxylic acids is 1. The maximum absolute atomic E-state index is 13.9. The Hall–Kier alpha value is -3.89. The number of aromatic nitrogens is 5. The van der Waals surface area contributed by atoms with Crippen molar-refractivity contribution in [1.82, 2.24) is 24.4 Å². The molecule has 0 radical (unpaired) electrons. The minimum absolute atomic E-state index is 0.0843. The number of carboxylic acid groups (broad SMARTS) is 1. The Morgan fingerprint density at radius 1 is 1.22 bits per heavy atom. The van der Waals surface area contributed by atoms with Crippen molar-refractivity contribution < 1.29 is 41.0 Å². The van der Waals surface area contributed by atoms with E-state index >= 15 is 0 Å². The lowest BCUT2D eigenvalue weighted by atomic mass is 10.1. The van der Waals surface area contributed by atoms with Gasteiger partial charge >= 0.3 is 12.1 Å². The zero-order valence-electron chi connectivity index (χ0n) is 18.5. The molecule has 2 atom stereocenters. The fourth-order valence-electron chi connectivity index (χ4n) is 3.40. The van der Waals surface area contributed by atoms with E-state index in [0.717, 1.165) is 0 Å². The van der Waals surface area contributed by atoms with E-state index in [-0.39, 0.29) is 36.3 Å². The summed E-state index contributed by atoms with van der Waals surface area (Å²) in [5.41, 5.74) is 5.91. The number of carbonyl (C=O) groups is 2. The molecule has 17 heteroatoms. The second-order valence-corrected chi connectivity index (χ2v) is 7.77.